The molecule has 0 spiro atoms. The molecule has 0 aliphatic heterocycles. The Labute approximate surface area is 86.6 Å². The van der Waals surface area contributed by atoms with E-state index in [4.69, 9.17) is 0 Å². The molecule has 0 saturated heterocycles. The van der Waals surface area contributed by atoms with E-state index < -0.39 is 0 Å². The zero-order valence-electron chi connectivity index (χ0n) is 2.45. The second-order valence-corrected chi connectivity index (χ2v) is 0. The van der Waals surface area contributed by atoms with Crippen molar-refractivity contribution in [3.63, 3.8) is 0 Å². The van der Waals surface area contributed by atoms with Crippen molar-refractivity contribution in [3.05, 3.63) is 0 Å². The third-order valence-electron chi connectivity index (χ3n) is 0. The topological polar surface area (TPSA) is 0 Å². The zero-order chi connectivity index (χ0) is 0. The summed E-state index contributed by atoms with van der Waals surface area (Å²) < 4.78 is 0. The van der Waals surface area contributed by atoms with Gasteiger partial charge in [0.1, 0.15) is 0 Å². The van der Waals surface area contributed by atoms with E-state index in [-0.39, 0.29) is 87.8 Å². The molecule has 0 bridgehead atoms. The molecule has 0 amide bonds. The summed E-state index contributed by atoms with van der Waals surface area (Å²) in [6, 6.07) is 0. The molecule has 0 N–H and O–H groups in total. The molecule has 0 heterocycles. The van der Waals surface area contributed by atoms with Crippen LogP contribution in [0.1, 0.15) is 0 Å². The SMILES string of the molecule is [Cl-].[Cl-].[Cl-].[Na+].[Pt+2]. The van der Waals surface area contributed by atoms with Gasteiger partial charge in [0.25, 0.3) is 0 Å². The van der Waals surface area contributed by atoms with Gasteiger partial charge in [0.05, 0.1) is 0 Å². The minimum Gasteiger partial charge on any atom is -1.00 e. The van der Waals surface area contributed by atoms with Crippen molar-refractivity contribution in [2.75, 3.05) is 0 Å². The molecule has 0 atom stereocenters. The summed E-state index contributed by atoms with van der Waals surface area (Å²) in [5, 5.41) is 0. The second kappa shape index (κ2) is 31.0. The molecule has 0 aromatic heterocycles. The fraction of sp³-hybridized carbons (Fsp3) is 0. The van der Waals surface area contributed by atoms with Crippen LogP contribution in [0.15, 0.2) is 0 Å². The first-order chi connectivity index (χ1) is 0. The van der Waals surface area contributed by atoms with Gasteiger partial charge in [0, 0.05) is 0 Å². The number of rotatable bonds is 0. The van der Waals surface area contributed by atoms with Gasteiger partial charge < -0.3 is 37.2 Å². The second-order valence-electron chi connectivity index (χ2n) is 0. The summed E-state index contributed by atoms with van der Waals surface area (Å²) >= 11 is 0. The molecule has 0 saturated carbocycles. The Morgan fingerprint density at radius 3 is 0.600 bits per heavy atom. The van der Waals surface area contributed by atoms with Crippen molar-refractivity contribution >= 4 is 0 Å². The molecule has 0 aromatic rings. The first-order valence-electron chi connectivity index (χ1n) is 0. The first kappa shape index (κ1) is 49.7. The maximum Gasteiger partial charge on any atom is 2.00 e. The molecule has 32 valence electrons. The van der Waals surface area contributed by atoms with Crippen molar-refractivity contribution in [2.24, 2.45) is 0 Å². The van der Waals surface area contributed by atoms with Crippen LogP contribution >= 0.6 is 0 Å². The van der Waals surface area contributed by atoms with Crippen LogP contribution in [0, 0.1) is 0 Å². The zero-order valence-corrected chi connectivity index (χ0v) is 8.99. The van der Waals surface area contributed by atoms with Gasteiger partial charge in [-0.2, -0.15) is 0 Å². The molecule has 0 aliphatic rings. The molecule has 0 aromatic carbocycles. The summed E-state index contributed by atoms with van der Waals surface area (Å²) in [7, 11) is 0. The van der Waals surface area contributed by atoms with E-state index in [1.165, 1.54) is 0 Å². The van der Waals surface area contributed by atoms with Crippen molar-refractivity contribution in [3.8, 4) is 0 Å². The predicted molar refractivity (Wildman–Crippen MR) is 0 cm³/mol. The van der Waals surface area contributed by atoms with E-state index in [1.807, 2.05) is 0 Å². The first-order valence-corrected chi connectivity index (χ1v) is 0. The van der Waals surface area contributed by atoms with Crippen LogP contribution in [0.2, 0.25) is 0 Å². The summed E-state index contributed by atoms with van der Waals surface area (Å²) in [5.41, 5.74) is 0. The van der Waals surface area contributed by atoms with E-state index in [9.17, 15) is 0 Å². The third kappa shape index (κ3) is 20.8. The summed E-state index contributed by atoms with van der Waals surface area (Å²) in [5.74, 6) is 0. The molecule has 0 rings (SSSR count). The summed E-state index contributed by atoms with van der Waals surface area (Å²) in [6.07, 6.45) is 0. The fourth-order valence-corrected chi connectivity index (χ4v) is 0. The van der Waals surface area contributed by atoms with Gasteiger partial charge >= 0.3 is 50.6 Å². The Morgan fingerprint density at radius 2 is 0.600 bits per heavy atom. The molecule has 5 heteroatoms. The van der Waals surface area contributed by atoms with E-state index in [0.29, 0.717) is 0 Å². The van der Waals surface area contributed by atoms with Gasteiger partial charge in [0.15, 0.2) is 0 Å². The normalized spacial score (nSPS) is 0. The van der Waals surface area contributed by atoms with Crippen LogP contribution in [0.3, 0.4) is 0 Å². The molecular weight excluding hydrogens is 324 g/mol. The Balaban J connectivity index is 0. The van der Waals surface area contributed by atoms with Gasteiger partial charge in [-0.1, -0.05) is 0 Å². The summed E-state index contributed by atoms with van der Waals surface area (Å²) in [4.78, 5) is 0. The minimum absolute atomic E-state index is 0. The predicted octanol–water partition coefficient (Wildman–Crippen LogP) is -12.0. The van der Waals surface area contributed by atoms with E-state index in [0.717, 1.165) is 0 Å². The van der Waals surface area contributed by atoms with Gasteiger partial charge in [-0.25, -0.2) is 0 Å². The van der Waals surface area contributed by atoms with Crippen molar-refractivity contribution in [2.45, 2.75) is 0 Å². The molecule has 0 fully saturated rings. The molecule has 0 radical (unpaired) electrons. The van der Waals surface area contributed by atoms with Gasteiger partial charge in [0.2, 0.25) is 0 Å². The van der Waals surface area contributed by atoms with E-state index in [1.54, 1.807) is 0 Å². The van der Waals surface area contributed by atoms with E-state index >= 15 is 0 Å². The Hall–Kier alpha value is 2.56. The quantitative estimate of drug-likeness (QED) is 0.388. The van der Waals surface area contributed by atoms with Crippen LogP contribution in [-0.2, 0) is 21.1 Å². The molecule has 0 unspecified atom stereocenters. The van der Waals surface area contributed by atoms with Crippen LogP contribution < -0.4 is 66.8 Å². The van der Waals surface area contributed by atoms with Crippen LogP contribution in [0.5, 0.6) is 0 Å². The molecule has 0 aliphatic carbocycles. The summed E-state index contributed by atoms with van der Waals surface area (Å²) in [6.45, 7) is 0. The van der Waals surface area contributed by atoms with Crippen LogP contribution in [-0.4, -0.2) is 0 Å². The molecule has 5 heavy (non-hydrogen) atoms. The average molecular weight is 324 g/mol. The fourth-order valence-electron chi connectivity index (χ4n) is 0. The smallest absolute Gasteiger partial charge is 1.00 e. The number of hydrogen-bond acceptors (Lipinski definition) is 0. The van der Waals surface area contributed by atoms with Gasteiger partial charge in [-0.05, 0) is 0 Å². The largest absolute Gasteiger partial charge is 2.00 e. The average Bonchev–Trinajstić information content (AvgIpc) is 0. The standard InChI is InChI=1S/3ClH.Na.Pt/h3*1H;;/q;;;+1;+2/p-3. The number of halogens is 3. The van der Waals surface area contributed by atoms with Gasteiger partial charge in [-0.3, -0.25) is 0 Å². The van der Waals surface area contributed by atoms with Crippen molar-refractivity contribution in [1.29, 1.82) is 0 Å². The van der Waals surface area contributed by atoms with Crippen molar-refractivity contribution in [1.82, 2.24) is 0 Å². The Bertz CT molecular complexity index is 6.85. The van der Waals surface area contributed by atoms with Gasteiger partial charge in [-0.15, -0.1) is 0 Å². The van der Waals surface area contributed by atoms with Crippen molar-refractivity contribution < 1.29 is 87.8 Å². The monoisotopic (exact) mass is 323 g/mol. The van der Waals surface area contributed by atoms with E-state index in [2.05, 4.69) is 0 Å². The maximum absolute atomic E-state index is 0. The van der Waals surface area contributed by atoms with Crippen LogP contribution in [0.25, 0.3) is 0 Å². The van der Waals surface area contributed by atoms with Crippen LogP contribution in [0.4, 0.5) is 0 Å². The Morgan fingerprint density at radius 1 is 0.600 bits per heavy atom. The minimum atomic E-state index is 0. The third-order valence-corrected chi connectivity index (χ3v) is 0. The molecule has 0 nitrogen and oxygen atoms in total. The number of hydrogen-bond donors (Lipinski definition) is 0. The Kier molecular flexibility index (Phi) is 308. The maximum atomic E-state index is 0. The molecular formula is Cl3NaPt.